The second-order valence-corrected chi connectivity index (χ2v) is 5.54. The molecule has 0 bridgehead atoms. The summed E-state index contributed by atoms with van der Waals surface area (Å²) in [6, 6.07) is 4.90. The van der Waals surface area contributed by atoms with Gasteiger partial charge in [0.15, 0.2) is 0 Å². The fourth-order valence-corrected chi connectivity index (χ4v) is 2.54. The number of halogens is 3. The number of nitrogens with zero attached hydrogens (tertiary/aromatic N) is 1. The summed E-state index contributed by atoms with van der Waals surface area (Å²) in [5, 5.41) is 8.63. The number of benzene rings is 1. The predicted octanol–water partition coefficient (Wildman–Crippen LogP) is 3.62. The minimum atomic E-state index is -4.55. The zero-order valence-corrected chi connectivity index (χ0v) is 11.6. The summed E-state index contributed by atoms with van der Waals surface area (Å²) in [7, 11) is 1.27. The highest BCUT2D eigenvalue weighted by Crippen LogP contribution is 2.35. The van der Waals surface area contributed by atoms with Crippen molar-refractivity contribution >= 4 is 17.7 Å². The van der Waals surface area contributed by atoms with Crippen LogP contribution in [0.5, 0.6) is 0 Å². The van der Waals surface area contributed by atoms with Crippen molar-refractivity contribution in [2.24, 2.45) is 0 Å². The van der Waals surface area contributed by atoms with Crippen LogP contribution in [0, 0.1) is 11.3 Å². The minimum Gasteiger partial charge on any atom is -0.469 e. The summed E-state index contributed by atoms with van der Waals surface area (Å²) in [5.41, 5.74) is -1.38. The van der Waals surface area contributed by atoms with Crippen LogP contribution in [-0.2, 0) is 15.7 Å². The van der Waals surface area contributed by atoms with Gasteiger partial charge in [-0.2, -0.15) is 18.4 Å². The molecule has 0 amide bonds. The number of rotatable bonds is 4. The van der Waals surface area contributed by atoms with E-state index in [0.29, 0.717) is 4.90 Å². The number of esters is 1. The van der Waals surface area contributed by atoms with Gasteiger partial charge in [0.25, 0.3) is 0 Å². The zero-order valence-electron chi connectivity index (χ0n) is 10.8. The third-order valence-electron chi connectivity index (χ3n) is 2.44. The van der Waals surface area contributed by atoms with E-state index in [1.165, 1.54) is 31.0 Å². The van der Waals surface area contributed by atoms with Gasteiger partial charge in [0.1, 0.15) is 0 Å². The highest BCUT2D eigenvalue weighted by Gasteiger charge is 2.33. The van der Waals surface area contributed by atoms with Crippen LogP contribution in [0.15, 0.2) is 23.1 Å². The average Bonchev–Trinajstić information content (AvgIpc) is 2.36. The first-order valence-electron chi connectivity index (χ1n) is 5.62. The van der Waals surface area contributed by atoms with Crippen molar-refractivity contribution in [1.82, 2.24) is 0 Å². The first kappa shape index (κ1) is 16.4. The number of ether oxygens (including phenoxy) is 1. The Balaban J connectivity index is 2.89. The van der Waals surface area contributed by atoms with E-state index in [1.807, 2.05) is 0 Å². The molecule has 1 rings (SSSR count). The van der Waals surface area contributed by atoms with Crippen LogP contribution in [-0.4, -0.2) is 18.3 Å². The monoisotopic (exact) mass is 303 g/mol. The fourth-order valence-electron chi connectivity index (χ4n) is 1.53. The van der Waals surface area contributed by atoms with E-state index in [1.54, 1.807) is 13.0 Å². The van der Waals surface area contributed by atoms with E-state index in [4.69, 9.17) is 5.26 Å². The number of alkyl halides is 3. The van der Waals surface area contributed by atoms with E-state index in [9.17, 15) is 18.0 Å². The average molecular weight is 303 g/mol. The number of hydrogen-bond donors (Lipinski definition) is 0. The Labute approximate surface area is 118 Å². The summed E-state index contributed by atoms with van der Waals surface area (Å²) in [4.78, 5) is 11.6. The third kappa shape index (κ3) is 4.46. The lowest BCUT2D eigenvalue weighted by Gasteiger charge is -2.12. The van der Waals surface area contributed by atoms with Crippen LogP contribution in [0.3, 0.4) is 0 Å². The van der Waals surface area contributed by atoms with Gasteiger partial charge in [-0.3, -0.25) is 4.79 Å². The molecule has 108 valence electrons. The maximum absolute atomic E-state index is 12.6. The Hall–Kier alpha value is -1.68. The molecule has 20 heavy (non-hydrogen) atoms. The van der Waals surface area contributed by atoms with Gasteiger partial charge in [-0.05, 0) is 18.2 Å². The van der Waals surface area contributed by atoms with Crippen LogP contribution >= 0.6 is 11.8 Å². The molecule has 0 aliphatic carbocycles. The summed E-state index contributed by atoms with van der Waals surface area (Å²) in [6.07, 6.45) is -4.41. The first-order chi connectivity index (χ1) is 9.27. The van der Waals surface area contributed by atoms with Crippen molar-refractivity contribution in [1.29, 1.82) is 5.26 Å². The molecule has 0 N–H and O–H groups in total. The van der Waals surface area contributed by atoms with Gasteiger partial charge >= 0.3 is 12.1 Å². The molecule has 1 unspecified atom stereocenters. The highest BCUT2D eigenvalue weighted by molar-refractivity contribution is 8.00. The van der Waals surface area contributed by atoms with Crippen molar-refractivity contribution < 1.29 is 22.7 Å². The number of hydrogen-bond acceptors (Lipinski definition) is 4. The summed E-state index contributed by atoms with van der Waals surface area (Å²) in [5.74, 6) is -0.391. The Morgan fingerprint density at radius 1 is 1.50 bits per heavy atom. The third-order valence-corrected chi connectivity index (χ3v) is 3.53. The van der Waals surface area contributed by atoms with Crippen molar-refractivity contribution in [3.8, 4) is 6.07 Å². The van der Waals surface area contributed by atoms with E-state index >= 15 is 0 Å². The molecule has 1 aromatic carbocycles. The molecule has 0 saturated carbocycles. The molecule has 0 fully saturated rings. The Bertz CT molecular complexity index is 537. The maximum atomic E-state index is 12.6. The van der Waals surface area contributed by atoms with Gasteiger partial charge < -0.3 is 4.74 Å². The summed E-state index contributed by atoms with van der Waals surface area (Å²) < 4.78 is 42.4. The van der Waals surface area contributed by atoms with E-state index in [-0.39, 0.29) is 11.7 Å². The number of methoxy groups -OCH3 is 1. The molecule has 0 aliphatic heterocycles. The van der Waals surface area contributed by atoms with Crippen molar-refractivity contribution in [2.75, 3.05) is 7.11 Å². The van der Waals surface area contributed by atoms with Crippen LogP contribution in [0.25, 0.3) is 0 Å². The normalized spacial score (nSPS) is 12.6. The topological polar surface area (TPSA) is 50.1 Å². The first-order valence-corrected chi connectivity index (χ1v) is 6.50. The number of carbonyl (C=O) groups excluding carboxylic acids is 1. The lowest BCUT2D eigenvalue weighted by Crippen LogP contribution is -2.09. The molecule has 0 radical (unpaired) electrons. The highest BCUT2D eigenvalue weighted by atomic mass is 32.2. The molecule has 1 atom stereocenters. The molecular formula is C13H12F3NO2S. The lowest BCUT2D eigenvalue weighted by molar-refractivity contribution is -0.140. The van der Waals surface area contributed by atoms with Gasteiger partial charge in [-0.25, -0.2) is 0 Å². The quantitative estimate of drug-likeness (QED) is 0.629. The van der Waals surface area contributed by atoms with Crippen LogP contribution in [0.4, 0.5) is 13.2 Å². The molecule has 0 heterocycles. The zero-order chi connectivity index (χ0) is 15.3. The van der Waals surface area contributed by atoms with Crippen molar-refractivity contribution in [2.45, 2.75) is 29.7 Å². The van der Waals surface area contributed by atoms with E-state index in [0.717, 1.165) is 6.07 Å². The Kier molecular flexibility index (Phi) is 5.45. The van der Waals surface area contributed by atoms with Gasteiger partial charge in [0, 0.05) is 10.1 Å². The predicted molar refractivity (Wildman–Crippen MR) is 68.1 cm³/mol. The summed E-state index contributed by atoms with van der Waals surface area (Å²) >= 11 is 1.22. The van der Waals surface area contributed by atoms with Crippen molar-refractivity contribution in [3.63, 3.8) is 0 Å². The second-order valence-electron chi connectivity index (χ2n) is 4.03. The molecule has 0 aliphatic rings. The van der Waals surface area contributed by atoms with E-state index < -0.39 is 23.3 Å². The van der Waals surface area contributed by atoms with Gasteiger partial charge in [-0.1, -0.05) is 6.92 Å². The van der Waals surface area contributed by atoms with Crippen LogP contribution in [0.1, 0.15) is 24.5 Å². The Morgan fingerprint density at radius 3 is 2.65 bits per heavy atom. The molecule has 1 aromatic rings. The maximum Gasteiger partial charge on any atom is 0.417 e. The standard InChI is InChI=1S/C13H12F3NO2S/c1-8(5-12(18)19-2)20-10-3-4-11(13(14,15)16)9(6-10)7-17/h3-4,6,8H,5H2,1-2H3. The smallest absolute Gasteiger partial charge is 0.417 e. The molecule has 0 spiro atoms. The van der Waals surface area contributed by atoms with Gasteiger partial charge in [0.05, 0.1) is 30.7 Å². The SMILES string of the molecule is COC(=O)CC(C)Sc1ccc(C(F)(F)F)c(C#N)c1. The minimum absolute atomic E-state index is 0.143. The molecule has 3 nitrogen and oxygen atoms in total. The number of nitriles is 1. The number of thioether (sulfide) groups is 1. The van der Waals surface area contributed by atoms with Crippen LogP contribution < -0.4 is 0 Å². The fraction of sp³-hybridized carbons (Fsp3) is 0.385. The molecule has 0 aromatic heterocycles. The Morgan fingerprint density at radius 2 is 2.15 bits per heavy atom. The second kappa shape index (κ2) is 6.66. The van der Waals surface area contributed by atoms with Crippen LogP contribution in [0.2, 0.25) is 0 Å². The largest absolute Gasteiger partial charge is 0.469 e. The summed E-state index contributed by atoms with van der Waals surface area (Å²) in [6.45, 7) is 1.76. The van der Waals surface area contributed by atoms with Gasteiger partial charge in [0.2, 0.25) is 0 Å². The molecular weight excluding hydrogens is 291 g/mol. The van der Waals surface area contributed by atoms with Gasteiger partial charge in [-0.15, -0.1) is 11.8 Å². The number of carbonyl (C=O) groups is 1. The lowest BCUT2D eigenvalue weighted by atomic mass is 10.1. The molecule has 0 saturated heterocycles. The van der Waals surface area contributed by atoms with E-state index in [2.05, 4.69) is 4.74 Å². The molecule has 7 heteroatoms. The van der Waals surface area contributed by atoms with Crippen molar-refractivity contribution in [3.05, 3.63) is 29.3 Å².